The van der Waals surface area contributed by atoms with Gasteiger partial charge in [0.15, 0.2) is 0 Å². The molecule has 0 radical (unpaired) electrons. The molecule has 0 aliphatic rings. The van der Waals surface area contributed by atoms with Crippen LogP contribution in [0.5, 0.6) is 5.75 Å². The molecule has 4 nitrogen and oxygen atoms in total. The fourth-order valence-corrected chi connectivity index (χ4v) is 1.62. The molecule has 2 N–H and O–H groups in total. The third-order valence-electron chi connectivity index (χ3n) is 2.48. The number of carbonyl (C=O) groups excluding carboxylic acids is 1. The summed E-state index contributed by atoms with van der Waals surface area (Å²) in [6, 6.07) is 5.65. The van der Waals surface area contributed by atoms with Gasteiger partial charge < -0.3 is 15.2 Å². The van der Waals surface area contributed by atoms with Crippen LogP contribution >= 0.6 is 0 Å². The van der Waals surface area contributed by atoms with Gasteiger partial charge in [-0.1, -0.05) is 17.7 Å². The highest BCUT2D eigenvalue weighted by molar-refractivity contribution is 5.79. The fraction of sp³-hybridized carbons (Fsp3) is 0.417. The van der Waals surface area contributed by atoms with Crippen LogP contribution in [0.15, 0.2) is 18.2 Å². The Morgan fingerprint density at radius 3 is 2.62 bits per heavy atom. The van der Waals surface area contributed by atoms with Crippen LogP contribution in [-0.2, 0) is 9.53 Å². The molecule has 0 saturated carbocycles. The zero-order valence-electron chi connectivity index (χ0n) is 9.82. The Morgan fingerprint density at radius 2 is 2.12 bits per heavy atom. The summed E-state index contributed by atoms with van der Waals surface area (Å²) < 4.78 is 9.94. The van der Waals surface area contributed by atoms with Crippen LogP contribution in [0, 0.1) is 6.92 Å². The van der Waals surface area contributed by atoms with Crippen molar-refractivity contribution in [3.8, 4) is 5.75 Å². The van der Waals surface area contributed by atoms with E-state index in [0.717, 1.165) is 11.1 Å². The molecule has 4 heteroatoms. The lowest BCUT2D eigenvalue weighted by atomic mass is 9.96. The van der Waals surface area contributed by atoms with E-state index < -0.39 is 5.92 Å². The molecule has 1 atom stereocenters. The van der Waals surface area contributed by atoms with E-state index >= 15 is 0 Å². The van der Waals surface area contributed by atoms with Crippen molar-refractivity contribution in [1.82, 2.24) is 0 Å². The topological polar surface area (TPSA) is 61.5 Å². The predicted molar refractivity (Wildman–Crippen MR) is 61.5 cm³/mol. The second-order valence-corrected chi connectivity index (χ2v) is 3.56. The average molecular weight is 223 g/mol. The highest BCUT2D eigenvalue weighted by Gasteiger charge is 2.23. The number of benzene rings is 1. The van der Waals surface area contributed by atoms with Crippen molar-refractivity contribution in [2.75, 3.05) is 20.8 Å². The molecule has 1 unspecified atom stereocenters. The molecule has 0 spiro atoms. The summed E-state index contributed by atoms with van der Waals surface area (Å²) in [6.07, 6.45) is 0. The van der Waals surface area contributed by atoms with Gasteiger partial charge in [0.2, 0.25) is 0 Å². The number of hydrogen-bond donors (Lipinski definition) is 1. The van der Waals surface area contributed by atoms with Gasteiger partial charge in [-0.2, -0.15) is 0 Å². The van der Waals surface area contributed by atoms with Crippen LogP contribution in [0.1, 0.15) is 17.0 Å². The molecule has 88 valence electrons. The third-order valence-corrected chi connectivity index (χ3v) is 2.48. The fourth-order valence-electron chi connectivity index (χ4n) is 1.62. The molecule has 0 amide bonds. The summed E-state index contributed by atoms with van der Waals surface area (Å²) in [7, 11) is 2.92. The molecule has 0 aliphatic carbocycles. The van der Waals surface area contributed by atoms with Crippen LogP contribution in [-0.4, -0.2) is 26.7 Å². The van der Waals surface area contributed by atoms with Gasteiger partial charge in [-0.15, -0.1) is 0 Å². The molecule has 0 aliphatic heterocycles. The van der Waals surface area contributed by atoms with E-state index in [1.54, 1.807) is 7.11 Å². The summed E-state index contributed by atoms with van der Waals surface area (Å²) in [4.78, 5) is 11.6. The Balaban J connectivity index is 3.17. The van der Waals surface area contributed by atoms with E-state index in [1.807, 2.05) is 25.1 Å². The quantitative estimate of drug-likeness (QED) is 0.779. The van der Waals surface area contributed by atoms with Crippen molar-refractivity contribution < 1.29 is 14.3 Å². The Kier molecular flexibility index (Phi) is 4.31. The first-order valence-corrected chi connectivity index (χ1v) is 5.06. The Morgan fingerprint density at radius 1 is 1.44 bits per heavy atom. The summed E-state index contributed by atoms with van der Waals surface area (Å²) in [5.41, 5.74) is 7.43. The third kappa shape index (κ3) is 2.52. The lowest BCUT2D eigenvalue weighted by Gasteiger charge is -2.16. The number of aryl methyl sites for hydroxylation is 1. The van der Waals surface area contributed by atoms with Crippen LogP contribution < -0.4 is 10.5 Å². The van der Waals surface area contributed by atoms with Gasteiger partial charge in [0, 0.05) is 12.1 Å². The van der Waals surface area contributed by atoms with E-state index in [4.69, 9.17) is 15.2 Å². The SMILES string of the molecule is COC(=O)C(CN)c1cc(C)ccc1OC. The minimum atomic E-state index is -0.472. The molecule has 0 fully saturated rings. The largest absolute Gasteiger partial charge is 0.496 e. The number of methoxy groups -OCH3 is 2. The minimum Gasteiger partial charge on any atom is -0.496 e. The maximum atomic E-state index is 11.6. The average Bonchev–Trinajstić information content (AvgIpc) is 2.30. The summed E-state index contributed by atoms with van der Waals surface area (Å²) in [5, 5.41) is 0. The van der Waals surface area contributed by atoms with Gasteiger partial charge in [-0.05, 0) is 13.0 Å². The molecule has 16 heavy (non-hydrogen) atoms. The van der Waals surface area contributed by atoms with E-state index in [1.165, 1.54) is 7.11 Å². The summed E-state index contributed by atoms with van der Waals surface area (Å²) >= 11 is 0. The van der Waals surface area contributed by atoms with Gasteiger partial charge in [0.1, 0.15) is 5.75 Å². The van der Waals surface area contributed by atoms with Crippen LogP contribution in [0.25, 0.3) is 0 Å². The van der Waals surface area contributed by atoms with Gasteiger partial charge in [-0.25, -0.2) is 0 Å². The number of hydrogen-bond acceptors (Lipinski definition) is 4. The standard InChI is InChI=1S/C12H17NO3/c1-8-4-5-11(15-2)9(6-8)10(7-13)12(14)16-3/h4-6,10H,7,13H2,1-3H3. The van der Waals surface area contributed by atoms with E-state index in [2.05, 4.69) is 0 Å². The maximum Gasteiger partial charge on any atom is 0.314 e. The molecule has 0 bridgehead atoms. The number of ether oxygens (including phenoxy) is 2. The lowest BCUT2D eigenvalue weighted by Crippen LogP contribution is -2.23. The second-order valence-electron chi connectivity index (χ2n) is 3.56. The summed E-state index contributed by atoms with van der Waals surface area (Å²) in [5.74, 6) is -0.155. The van der Waals surface area contributed by atoms with E-state index in [9.17, 15) is 4.79 Å². The van der Waals surface area contributed by atoms with Crippen LogP contribution in [0.4, 0.5) is 0 Å². The van der Waals surface area contributed by atoms with Gasteiger partial charge >= 0.3 is 5.97 Å². The number of carbonyl (C=O) groups is 1. The smallest absolute Gasteiger partial charge is 0.314 e. The minimum absolute atomic E-state index is 0.201. The van der Waals surface area contributed by atoms with Crippen molar-refractivity contribution in [3.05, 3.63) is 29.3 Å². The highest BCUT2D eigenvalue weighted by Crippen LogP contribution is 2.28. The maximum absolute atomic E-state index is 11.6. The Hall–Kier alpha value is -1.55. The van der Waals surface area contributed by atoms with Crippen molar-refractivity contribution in [2.24, 2.45) is 5.73 Å². The zero-order valence-corrected chi connectivity index (χ0v) is 9.82. The van der Waals surface area contributed by atoms with Gasteiger partial charge in [0.05, 0.1) is 20.1 Å². The molecule has 1 aromatic carbocycles. The first-order valence-electron chi connectivity index (χ1n) is 5.06. The highest BCUT2D eigenvalue weighted by atomic mass is 16.5. The van der Waals surface area contributed by atoms with E-state index in [0.29, 0.717) is 5.75 Å². The Bertz CT molecular complexity index is 377. The molecule has 0 aromatic heterocycles. The van der Waals surface area contributed by atoms with Crippen molar-refractivity contribution >= 4 is 5.97 Å². The number of nitrogens with two attached hydrogens (primary N) is 1. The number of esters is 1. The molecule has 0 heterocycles. The van der Waals surface area contributed by atoms with Gasteiger partial charge in [0.25, 0.3) is 0 Å². The first-order chi connectivity index (χ1) is 7.63. The van der Waals surface area contributed by atoms with Gasteiger partial charge in [-0.3, -0.25) is 4.79 Å². The van der Waals surface area contributed by atoms with Crippen molar-refractivity contribution in [3.63, 3.8) is 0 Å². The molecule has 1 rings (SSSR count). The van der Waals surface area contributed by atoms with E-state index in [-0.39, 0.29) is 12.5 Å². The molecular formula is C12H17NO3. The summed E-state index contributed by atoms with van der Waals surface area (Å²) in [6.45, 7) is 2.15. The molecule has 0 saturated heterocycles. The van der Waals surface area contributed by atoms with Crippen LogP contribution in [0.2, 0.25) is 0 Å². The first kappa shape index (κ1) is 12.5. The Labute approximate surface area is 95.3 Å². The van der Waals surface area contributed by atoms with Crippen molar-refractivity contribution in [1.29, 1.82) is 0 Å². The van der Waals surface area contributed by atoms with Crippen molar-refractivity contribution in [2.45, 2.75) is 12.8 Å². The lowest BCUT2D eigenvalue weighted by molar-refractivity contribution is -0.142. The molecular weight excluding hydrogens is 206 g/mol. The monoisotopic (exact) mass is 223 g/mol. The number of rotatable bonds is 4. The predicted octanol–water partition coefficient (Wildman–Crippen LogP) is 1.22. The normalized spacial score (nSPS) is 12.0. The molecule has 1 aromatic rings. The zero-order chi connectivity index (χ0) is 12.1. The second kappa shape index (κ2) is 5.51. The van der Waals surface area contributed by atoms with Crippen LogP contribution in [0.3, 0.4) is 0 Å².